The van der Waals surface area contributed by atoms with Crippen molar-refractivity contribution in [2.45, 2.75) is 0 Å². The second-order valence-corrected chi connectivity index (χ2v) is 14.6. The number of para-hydroxylation sites is 4. The fraction of sp³-hybridized carbons (Fsp3) is 0. The molecule has 0 aliphatic heterocycles. The van der Waals surface area contributed by atoms with Crippen molar-refractivity contribution in [2.75, 3.05) is 0 Å². The van der Waals surface area contributed by atoms with Gasteiger partial charge in [0.05, 0.1) is 27.6 Å². The molecule has 256 valence electrons. The molecule has 3 heteroatoms. The van der Waals surface area contributed by atoms with E-state index in [0.29, 0.717) is 0 Å². The number of hydrogen-bond acceptors (Lipinski definition) is 0. The lowest BCUT2D eigenvalue weighted by Gasteiger charge is -2.11. The smallest absolute Gasteiger partial charge is 0.0547 e. The van der Waals surface area contributed by atoms with Gasteiger partial charge in [0, 0.05) is 54.8 Å². The monoisotopic (exact) mass is 699 g/mol. The van der Waals surface area contributed by atoms with Gasteiger partial charge in [0.1, 0.15) is 0 Å². The number of fused-ring (bicyclic) bond motifs is 11. The summed E-state index contributed by atoms with van der Waals surface area (Å²) in [5.41, 5.74) is 14.2. The maximum atomic E-state index is 3.83. The molecule has 0 atom stereocenters. The third-order valence-corrected chi connectivity index (χ3v) is 11.6. The number of hydrogen-bond donors (Lipinski definition) is 1. The number of benzene rings is 9. The Balaban J connectivity index is 1.13. The number of nitrogens with one attached hydrogen (secondary N) is 1. The summed E-state index contributed by atoms with van der Waals surface area (Å²) in [6.07, 6.45) is 0. The zero-order chi connectivity index (χ0) is 36.0. The van der Waals surface area contributed by atoms with Gasteiger partial charge in [0.2, 0.25) is 0 Å². The quantitative estimate of drug-likeness (QED) is 0.189. The van der Waals surface area contributed by atoms with E-state index in [1.54, 1.807) is 0 Å². The molecule has 0 bridgehead atoms. The van der Waals surface area contributed by atoms with Crippen molar-refractivity contribution in [2.24, 2.45) is 0 Å². The lowest BCUT2D eigenvalue weighted by atomic mass is 9.94. The fourth-order valence-corrected chi connectivity index (χ4v) is 9.17. The molecule has 0 aliphatic carbocycles. The van der Waals surface area contributed by atoms with E-state index in [9.17, 15) is 0 Å². The van der Waals surface area contributed by atoms with Gasteiger partial charge >= 0.3 is 0 Å². The van der Waals surface area contributed by atoms with Gasteiger partial charge in [-0.1, -0.05) is 115 Å². The molecule has 0 unspecified atom stereocenters. The van der Waals surface area contributed by atoms with Gasteiger partial charge in [-0.2, -0.15) is 0 Å². The van der Waals surface area contributed by atoms with Crippen molar-refractivity contribution in [3.63, 3.8) is 0 Å². The molecule has 3 nitrogen and oxygen atoms in total. The Kier molecular flexibility index (Phi) is 6.34. The van der Waals surface area contributed by atoms with Crippen molar-refractivity contribution in [3.8, 4) is 33.6 Å². The molecule has 3 aromatic heterocycles. The summed E-state index contributed by atoms with van der Waals surface area (Å²) in [4.78, 5) is 3.83. The standard InChI is InChI=1S/C52H33N3/c1-3-14-37(15-4-1)54-47-22-12-10-20-41(47)43-30-35(25-27-48(43)54)42-31-36(32-44-40-19-9-11-21-46(40)53-52(42)44)34-24-26-49-45(29-34)51-39-18-8-7-13-33(39)23-28-50(51)55(49)38-16-5-2-6-17-38/h1-32,53H. The number of rotatable bonds is 4. The first-order chi connectivity index (χ1) is 27.3. The van der Waals surface area contributed by atoms with Crippen molar-refractivity contribution < 1.29 is 0 Å². The average Bonchev–Trinajstić information content (AvgIpc) is 3.91. The van der Waals surface area contributed by atoms with E-state index in [-0.39, 0.29) is 0 Å². The van der Waals surface area contributed by atoms with Crippen LogP contribution in [0, 0.1) is 0 Å². The molecule has 1 N–H and O–H groups in total. The molecule has 0 spiro atoms. The van der Waals surface area contributed by atoms with E-state index < -0.39 is 0 Å². The molecule has 0 radical (unpaired) electrons. The van der Waals surface area contributed by atoms with Crippen LogP contribution in [0.1, 0.15) is 0 Å². The summed E-state index contributed by atoms with van der Waals surface area (Å²) in [6, 6.07) is 71.0. The molecule has 9 aromatic carbocycles. The van der Waals surface area contributed by atoms with Crippen molar-refractivity contribution in [1.29, 1.82) is 0 Å². The molecular weight excluding hydrogens is 667 g/mol. The molecule has 12 aromatic rings. The minimum atomic E-state index is 1.14. The molecule has 0 aliphatic rings. The van der Waals surface area contributed by atoms with E-state index in [4.69, 9.17) is 0 Å². The van der Waals surface area contributed by atoms with Crippen LogP contribution in [-0.4, -0.2) is 14.1 Å². The lowest BCUT2D eigenvalue weighted by molar-refractivity contribution is 1.18. The summed E-state index contributed by atoms with van der Waals surface area (Å²) in [6.45, 7) is 0. The second-order valence-electron chi connectivity index (χ2n) is 14.6. The third kappa shape index (κ3) is 4.44. The largest absolute Gasteiger partial charge is 0.354 e. The van der Waals surface area contributed by atoms with Gasteiger partial charge in [-0.3, -0.25) is 0 Å². The van der Waals surface area contributed by atoms with Crippen LogP contribution in [0.15, 0.2) is 194 Å². The van der Waals surface area contributed by atoms with Crippen LogP contribution < -0.4 is 0 Å². The molecular formula is C52H33N3. The molecule has 0 saturated carbocycles. The Labute approximate surface area is 316 Å². The van der Waals surface area contributed by atoms with Crippen LogP contribution in [0.5, 0.6) is 0 Å². The molecule has 3 heterocycles. The van der Waals surface area contributed by atoms with Gasteiger partial charge in [-0.25, -0.2) is 0 Å². The summed E-state index contributed by atoms with van der Waals surface area (Å²) in [7, 11) is 0. The zero-order valence-electron chi connectivity index (χ0n) is 29.9. The highest BCUT2D eigenvalue weighted by molar-refractivity contribution is 6.22. The van der Waals surface area contributed by atoms with Crippen molar-refractivity contribution in [3.05, 3.63) is 194 Å². The van der Waals surface area contributed by atoms with Gasteiger partial charge in [-0.15, -0.1) is 0 Å². The summed E-state index contributed by atoms with van der Waals surface area (Å²) < 4.78 is 4.80. The van der Waals surface area contributed by atoms with E-state index in [2.05, 4.69) is 208 Å². The van der Waals surface area contributed by atoms with Crippen LogP contribution in [0.4, 0.5) is 0 Å². The maximum absolute atomic E-state index is 3.83. The second kappa shape index (κ2) is 11.6. The van der Waals surface area contributed by atoms with Crippen LogP contribution in [-0.2, 0) is 0 Å². The van der Waals surface area contributed by atoms with Gasteiger partial charge in [-0.05, 0) is 106 Å². The molecule has 55 heavy (non-hydrogen) atoms. The number of aromatic nitrogens is 3. The highest BCUT2D eigenvalue weighted by Crippen LogP contribution is 2.43. The Bertz CT molecular complexity index is 3470. The van der Waals surface area contributed by atoms with Crippen molar-refractivity contribution in [1.82, 2.24) is 14.1 Å². The predicted octanol–water partition coefficient (Wildman–Crippen LogP) is 14.0. The van der Waals surface area contributed by atoms with E-state index in [1.165, 1.54) is 93.1 Å². The highest BCUT2D eigenvalue weighted by Gasteiger charge is 2.19. The third-order valence-electron chi connectivity index (χ3n) is 11.6. The predicted molar refractivity (Wildman–Crippen MR) is 233 cm³/mol. The van der Waals surface area contributed by atoms with Crippen LogP contribution in [0.25, 0.3) is 110 Å². The first-order valence-electron chi connectivity index (χ1n) is 18.9. The minimum absolute atomic E-state index is 1.14. The van der Waals surface area contributed by atoms with Crippen LogP contribution in [0.3, 0.4) is 0 Å². The maximum Gasteiger partial charge on any atom is 0.0547 e. The number of aromatic amines is 1. The Morgan fingerprint density at radius 3 is 1.69 bits per heavy atom. The molecule has 12 rings (SSSR count). The minimum Gasteiger partial charge on any atom is -0.354 e. The number of nitrogens with zero attached hydrogens (tertiary/aromatic N) is 2. The van der Waals surface area contributed by atoms with E-state index in [0.717, 1.165) is 16.7 Å². The number of H-pyrrole nitrogens is 1. The van der Waals surface area contributed by atoms with Gasteiger partial charge < -0.3 is 14.1 Å². The Morgan fingerprint density at radius 1 is 0.327 bits per heavy atom. The summed E-state index contributed by atoms with van der Waals surface area (Å²) in [5, 5.41) is 10.0. The first kappa shape index (κ1) is 30.1. The first-order valence-corrected chi connectivity index (χ1v) is 18.9. The average molecular weight is 700 g/mol. The zero-order valence-corrected chi connectivity index (χ0v) is 29.9. The Hall–Kier alpha value is -7.36. The van der Waals surface area contributed by atoms with Gasteiger partial charge in [0.25, 0.3) is 0 Å². The lowest BCUT2D eigenvalue weighted by Crippen LogP contribution is -1.93. The fourth-order valence-electron chi connectivity index (χ4n) is 9.17. The molecule has 0 fully saturated rings. The van der Waals surface area contributed by atoms with Gasteiger partial charge in [0.15, 0.2) is 0 Å². The SMILES string of the molecule is c1ccc(-n2c3ccccc3c3cc(-c4cc(-c5ccc6c(c5)c5c7ccccc7ccc5n6-c5ccccc5)cc5c4[nH]c4ccccc45)ccc32)cc1. The van der Waals surface area contributed by atoms with E-state index in [1.807, 2.05) is 0 Å². The molecule has 0 amide bonds. The van der Waals surface area contributed by atoms with E-state index >= 15 is 0 Å². The summed E-state index contributed by atoms with van der Waals surface area (Å²) in [5.74, 6) is 0. The van der Waals surface area contributed by atoms with Crippen molar-refractivity contribution >= 4 is 76.2 Å². The summed E-state index contributed by atoms with van der Waals surface area (Å²) >= 11 is 0. The Morgan fingerprint density at radius 2 is 0.891 bits per heavy atom. The molecule has 0 saturated heterocycles. The highest BCUT2D eigenvalue weighted by atomic mass is 15.0. The normalized spacial score (nSPS) is 12.0. The van der Waals surface area contributed by atoms with Crippen LogP contribution in [0.2, 0.25) is 0 Å². The topological polar surface area (TPSA) is 25.6 Å². The van der Waals surface area contributed by atoms with Crippen LogP contribution >= 0.6 is 0 Å².